The molecule has 0 radical (unpaired) electrons. The third-order valence-corrected chi connectivity index (χ3v) is 12.8. The van der Waals surface area contributed by atoms with E-state index in [9.17, 15) is 0 Å². The van der Waals surface area contributed by atoms with Crippen molar-refractivity contribution in [1.82, 2.24) is 0 Å². The monoisotopic (exact) mass is 810 g/mol. The fourth-order valence-electron chi connectivity index (χ4n) is 9.82. The van der Waals surface area contributed by atoms with Crippen molar-refractivity contribution in [3.05, 3.63) is 205 Å². The van der Waals surface area contributed by atoms with Crippen molar-refractivity contribution in [2.45, 2.75) is 13.8 Å². The van der Waals surface area contributed by atoms with E-state index in [4.69, 9.17) is 13.3 Å². The number of hydrogen-bond donors (Lipinski definition) is 0. The molecular weight excluding hydrogens is 773 g/mol. The highest BCUT2D eigenvalue weighted by Crippen LogP contribution is 2.51. The second kappa shape index (κ2) is 13.6. The molecular formula is C58H38N2O3. The maximum absolute atomic E-state index is 7.18. The highest BCUT2D eigenvalue weighted by atomic mass is 16.3. The van der Waals surface area contributed by atoms with Crippen LogP contribution in [0.2, 0.25) is 0 Å². The van der Waals surface area contributed by atoms with E-state index in [0.29, 0.717) is 0 Å². The predicted octanol–water partition coefficient (Wildman–Crippen LogP) is 17.2. The molecule has 13 aromatic rings. The van der Waals surface area contributed by atoms with E-state index in [1.165, 1.54) is 11.1 Å². The smallest absolute Gasteiger partial charge is 0.159 e. The molecule has 0 aliphatic rings. The molecule has 0 atom stereocenters. The van der Waals surface area contributed by atoms with Crippen molar-refractivity contribution in [2.75, 3.05) is 9.80 Å². The number of furan rings is 3. The quantitative estimate of drug-likeness (QED) is 0.167. The van der Waals surface area contributed by atoms with Crippen LogP contribution in [0, 0.1) is 13.8 Å². The zero-order valence-electron chi connectivity index (χ0n) is 34.6. The standard InChI is InChI=1S/C58H38N2O3/c1-35-25-29-37(30-26-35)59(48-21-11-19-45-41-15-7-9-23-52(41)61-57(45)48)50-33-47-55-43-17-5-3-13-39(43)51(34-54(55)63-56(47)44-18-6-4-14-40(44)50)60(38-31-27-36(2)28-32-38)49-22-12-20-46-42-16-8-10-24-53(42)62-58(46)49/h3-34H,1-2H3. The Morgan fingerprint density at radius 2 is 0.683 bits per heavy atom. The largest absolute Gasteiger partial charge is 0.455 e. The van der Waals surface area contributed by atoms with Gasteiger partial charge in [-0.3, -0.25) is 0 Å². The number of aryl methyl sites for hydroxylation is 2. The first-order valence-electron chi connectivity index (χ1n) is 21.4. The van der Waals surface area contributed by atoms with Gasteiger partial charge in [0, 0.05) is 65.9 Å². The Labute approximate surface area is 362 Å². The topological polar surface area (TPSA) is 45.9 Å². The molecule has 10 aromatic carbocycles. The van der Waals surface area contributed by atoms with Gasteiger partial charge in [-0.2, -0.15) is 0 Å². The van der Waals surface area contributed by atoms with Gasteiger partial charge in [-0.1, -0.05) is 145 Å². The summed E-state index contributed by atoms with van der Waals surface area (Å²) in [5, 5.41) is 10.7. The van der Waals surface area contributed by atoms with Crippen molar-refractivity contribution >= 4 is 121 Å². The van der Waals surface area contributed by atoms with Crippen molar-refractivity contribution < 1.29 is 13.3 Å². The Bertz CT molecular complexity index is 3950. The first-order chi connectivity index (χ1) is 31.1. The summed E-state index contributed by atoms with van der Waals surface area (Å²) < 4.78 is 20.6. The number of rotatable bonds is 6. The van der Waals surface area contributed by atoms with Crippen molar-refractivity contribution in [3.63, 3.8) is 0 Å². The van der Waals surface area contributed by atoms with Crippen molar-refractivity contribution in [2.24, 2.45) is 0 Å². The highest BCUT2D eigenvalue weighted by Gasteiger charge is 2.27. The molecule has 0 bridgehead atoms. The molecule has 3 aromatic heterocycles. The molecule has 298 valence electrons. The summed E-state index contributed by atoms with van der Waals surface area (Å²) in [5.74, 6) is 0. The van der Waals surface area contributed by atoms with E-state index in [1.54, 1.807) is 0 Å². The minimum absolute atomic E-state index is 0.802. The van der Waals surface area contributed by atoms with Crippen LogP contribution in [0.3, 0.4) is 0 Å². The third kappa shape index (κ3) is 5.36. The van der Waals surface area contributed by atoms with E-state index in [-0.39, 0.29) is 0 Å². The van der Waals surface area contributed by atoms with Gasteiger partial charge in [0.1, 0.15) is 22.3 Å². The highest BCUT2D eigenvalue weighted by molar-refractivity contribution is 6.28. The molecule has 0 aliphatic carbocycles. The molecule has 0 saturated heterocycles. The summed E-state index contributed by atoms with van der Waals surface area (Å²) in [7, 11) is 0. The summed E-state index contributed by atoms with van der Waals surface area (Å²) >= 11 is 0. The summed E-state index contributed by atoms with van der Waals surface area (Å²) in [6.45, 7) is 4.25. The van der Waals surface area contributed by atoms with Gasteiger partial charge in [0.25, 0.3) is 0 Å². The van der Waals surface area contributed by atoms with Gasteiger partial charge in [-0.05, 0) is 73.8 Å². The van der Waals surface area contributed by atoms with Gasteiger partial charge < -0.3 is 23.1 Å². The van der Waals surface area contributed by atoms with Crippen LogP contribution in [0.5, 0.6) is 0 Å². The molecule has 0 saturated carbocycles. The molecule has 5 heteroatoms. The molecule has 63 heavy (non-hydrogen) atoms. The molecule has 0 amide bonds. The van der Waals surface area contributed by atoms with Crippen LogP contribution < -0.4 is 9.80 Å². The van der Waals surface area contributed by atoms with Crippen LogP contribution >= 0.6 is 0 Å². The summed E-state index contributed by atoms with van der Waals surface area (Å²) in [6.07, 6.45) is 0. The molecule has 0 spiro atoms. The van der Waals surface area contributed by atoms with Crippen LogP contribution in [0.4, 0.5) is 34.1 Å². The normalized spacial score (nSPS) is 12.0. The zero-order valence-corrected chi connectivity index (χ0v) is 34.6. The molecule has 0 N–H and O–H groups in total. The Kier molecular flexibility index (Phi) is 7.67. The Hall–Kier alpha value is -8.28. The molecule has 5 nitrogen and oxygen atoms in total. The van der Waals surface area contributed by atoms with Crippen LogP contribution in [-0.4, -0.2) is 0 Å². The fourth-order valence-corrected chi connectivity index (χ4v) is 9.82. The molecule has 0 aliphatic heterocycles. The number of hydrogen-bond acceptors (Lipinski definition) is 5. The van der Waals surface area contributed by atoms with Crippen molar-refractivity contribution in [3.8, 4) is 0 Å². The SMILES string of the molecule is Cc1ccc(N(c2cc3c(oc4cc(N(c5ccc(C)cc5)c5cccc6c5oc5ccccc56)c5ccccc5c43)c3ccccc23)c2cccc3c2oc2ccccc23)cc1. The average Bonchev–Trinajstić information content (AvgIpc) is 4.03. The van der Waals surface area contributed by atoms with Crippen LogP contribution in [0.25, 0.3) is 87.4 Å². The lowest BCUT2D eigenvalue weighted by molar-refractivity contribution is 0.668. The maximum atomic E-state index is 7.18. The second-order valence-corrected chi connectivity index (χ2v) is 16.6. The van der Waals surface area contributed by atoms with Crippen molar-refractivity contribution in [1.29, 1.82) is 0 Å². The van der Waals surface area contributed by atoms with Crippen LogP contribution in [-0.2, 0) is 0 Å². The fraction of sp³-hybridized carbons (Fsp3) is 0.0345. The second-order valence-electron chi connectivity index (χ2n) is 16.6. The Morgan fingerprint density at radius 3 is 1.22 bits per heavy atom. The van der Waals surface area contributed by atoms with Crippen LogP contribution in [0.15, 0.2) is 207 Å². The summed E-state index contributed by atoms with van der Waals surface area (Å²) in [5.41, 5.74) is 13.4. The van der Waals surface area contributed by atoms with E-state index in [2.05, 4.69) is 194 Å². The number of para-hydroxylation sites is 4. The van der Waals surface area contributed by atoms with Gasteiger partial charge in [-0.25, -0.2) is 0 Å². The lowest BCUT2D eigenvalue weighted by Gasteiger charge is -2.27. The van der Waals surface area contributed by atoms with E-state index in [0.717, 1.165) is 121 Å². The maximum Gasteiger partial charge on any atom is 0.159 e. The third-order valence-electron chi connectivity index (χ3n) is 12.8. The first-order valence-corrected chi connectivity index (χ1v) is 21.4. The van der Waals surface area contributed by atoms with E-state index < -0.39 is 0 Å². The van der Waals surface area contributed by atoms with Crippen LogP contribution in [0.1, 0.15) is 11.1 Å². The van der Waals surface area contributed by atoms with E-state index >= 15 is 0 Å². The molecule has 13 rings (SSSR count). The number of nitrogens with zero attached hydrogens (tertiary/aromatic N) is 2. The Balaban J connectivity index is 1.11. The van der Waals surface area contributed by atoms with Gasteiger partial charge in [-0.15, -0.1) is 0 Å². The van der Waals surface area contributed by atoms with Gasteiger partial charge in [0.2, 0.25) is 0 Å². The lowest BCUT2D eigenvalue weighted by atomic mass is 9.97. The number of anilines is 6. The number of benzene rings is 10. The first kappa shape index (κ1) is 35.5. The zero-order chi connectivity index (χ0) is 41.8. The van der Waals surface area contributed by atoms with Gasteiger partial charge >= 0.3 is 0 Å². The molecule has 0 fully saturated rings. The molecule has 3 heterocycles. The average molecular weight is 811 g/mol. The number of fused-ring (bicyclic) bond motifs is 13. The predicted molar refractivity (Wildman–Crippen MR) is 262 cm³/mol. The summed E-state index contributed by atoms with van der Waals surface area (Å²) in [6, 6.07) is 68.8. The van der Waals surface area contributed by atoms with E-state index in [1.807, 2.05) is 24.3 Å². The van der Waals surface area contributed by atoms with Gasteiger partial charge in [0.15, 0.2) is 11.2 Å². The minimum Gasteiger partial charge on any atom is -0.455 e. The lowest BCUT2D eigenvalue weighted by Crippen LogP contribution is -2.11. The van der Waals surface area contributed by atoms with Gasteiger partial charge in [0.05, 0.1) is 22.7 Å². The minimum atomic E-state index is 0.802. The Morgan fingerprint density at radius 1 is 0.286 bits per heavy atom. The molecule has 0 unspecified atom stereocenters. The summed E-state index contributed by atoms with van der Waals surface area (Å²) in [4.78, 5) is 4.68.